The van der Waals surface area contributed by atoms with Gasteiger partial charge in [0, 0.05) is 12.1 Å². The van der Waals surface area contributed by atoms with Crippen LogP contribution in [0.15, 0.2) is 54.7 Å². The van der Waals surface area contributed by atoms with Crippen molar-refractivity contribution in [1.29, 1.82) is 0 Å². The quantitative estimate of drug-likeness (QED) is 0.172. The van der Waals surface area contributed by atoms with E-state index in [0.29, 0.717) is 11.1 Å². The Morgan fingerprint density at radius 1 is 0.628 bits per heavy atom. The lowest BCUT2D eigenvalue weighted by Crippen LogP contribution is -2.01. The lowest BCUT2D eigenvalue weighted by molar-refractivity contribution is 0.390. The minimum atomic E-state index is 0.549. The number of nitrogens with zero attached hydrogens (tertiary/aromatic N) is 4. The Morgan fingerprint density at radius 3 is 1.70 bits per heavy atom. The van der Waals surface area contributed by atoms with Gasteiger partial charge in [-0.05, 0) is 110 Å². The summed E-state index contributed by atoms with van der Waals surface area (Å²) in [7, 11) is 6.67. The minimum absolute atomic E-state index is 0.549. The SMILES string of the molecule is COc1ccc(CCc2cc(C3CC3)c(Cl)nn2)c(OC)c1.COc1ccc(CCc2cc(C3CC3)cnn2)c(OC)c1. The van der Waals surface area contributed by atoms with Gasteiger partial charge < -0.3 is 18.9 Å². The van der Waals surface area contributed by atoms with E-state index < -0.39 is 0 Å². The molecule has 4 aromatic rings. The summed E-state index contributed by atoms with van der Waals surface area (Å²) >= 11 is 6.12. The summed E-state index contributed by atoms with van der Waals surface area (Å²) in [5.74, 6) is 4.60. The standard InChI is InChI=1S/C17H19ClN2O2.C17H20N2O2/c1-21-14-8-6-12(16(10-14)22-2)5-7-13-9-15(11-3-4-11)17(18)20-19-13;1-20-16-8-6-13(17(10-16)21-2)5-7-15-9-14(11-18-19-15)12-3-4-12/h6,8-11H,3-5,7H2,1-2H3;6,8-12H,3-5,7H2,1-2H3. The second kappa shape index (κ2) is 14.5. The number of hydrogen-bond donors (Lipinski definition) is 0. The number of aromatic nitrogens is 4. The zero-order valence-electron chi connectivity index (χ0n) is 25.3. The summed E-state index contributed by atoms with van der Waals surface area (Å²) in [5.41, 5.74) is 6.81. The molecule has 0 amide bonds. The Balaban J connectivity index is 0.000000171. The Labute approximate surface area is 258 Å². The zero-order chi connectivity index (χ0) is 30.2. The van der Waals surface area contributed by atoms with Crippen LogP contribution in [0.2, 0.25) is 5.15 Å². The third-order valence-corrected chi connectivity index (χ3v) is 8.20. The van der Waals surface area contributed by atoms with Crippen LogP contribution in [0.25, 0.3) is 0 Å². The molecule has 2 aromatic carbocycles. The van der Waals surface area contributed by atoms with Gasteiger partial charge in [0.1, 0.15) is 23.0 Å². The fraction of sp³-hybridized carbons (Fsp3) is 0.412. The molecule has 0 aliphatic heterocycles. The first-order valence-corrected chi connectivity index (χ1v) is 15.1. The highest BCUT2D eigenvalue weighted by Gasteiger charge is 2.27. The highest BCUT2D eigenvalue weighted by Crippen LogP contribution is 2.42. The Hall–Kier alpha value is -3.91. The van der Waals surface area contributed by atoms with Crippen LogP contribution >= 0.6 is 11.6 Å². The Morgan fingerprint density at radius 2 is 1.19 bits per heavy atom. The molecule has 2 aliphatic carbocycles. The van der Waals surface area contributed by atoms with Crippen molar-refractivity contribution in [1.82, 2.24) is 20.4 Å². The molecule has 0 unspecified atom stereocenters. The van der Waals surface area contributed by atoms with Gasteiger partial charge in [-0.3, -0.25) is 0 Å². The van der Waals surface area contributed by atoms with Crippen LogP contribution in [0.4, 0.5) is 0 Å². The normalized spacial score (nSPS) is 14.0. The summed E-state index contributed by atoms with van der Waals surface area (Å²) in [5, 5.41) is 17.2. The van der Waals surface area contributed by atoms with Gasteiger partial charge in [0.25, 0.3) is 0 Å². The van der Waals surface area contributed by atoms with Crippen molar-refractivity contribution in [2.45, 2.75) is 63.2 Å². The first kappa shape index (κ1) is 30.5. The number of benzene rings is 2. The van der Waals surface area contributed by atoms with E-state index in [1.807, 2.05) is 36.5 Å². The molecule has 2 aliphatic rings. The van der Waals surface area contributed by atoms with Gasteiger partial charge in [-0.1, -0.05) is 23.7 Å². The highest BCUT2D eigenvalue weighted by molar-refractivity contribution is 6.30. The van der Waals surface area contributed by atoms with E-state index in [0.717, 1.165) is 82.7 Å². The molecule has 6 rings (SSSR count). The summed E-state index contributed by atoms with van der Waals surface area (Å²) in [6, 6.07) is 16.1. The molecule has 0 atom stereocenters. The van der Waals surface area contributed by atoms with E-state index >= 15 is 0 Å². The lowest BCUT2D eigenvalue weighted by Gasteiger charge is -2.10. The maximum Gasteiger partial charge on any atom is 0.155 e. The Bertz CT molecular complexity index is 1520. The second-order valence-corrected chi connectivity index (χ2v) is 11.3. The van der Waals surface area contributed by atoms with E-state index in [1.54, 1.807) is 28.4 Å². The topological polar surface area (TPSA) is 88.5 Å². The first-order chi connectivity index (χ1) is 21.0. The van der Waals surface area contributed by atoms with Crippen molar-refractivity contribution in [3.05, 3.63) is 93.5 Å². The lowest BCUT2D eigenvalue weighted by atomic mass is 10.1. The van der Waals surface area contributed by atoms with E-state index in [-0.39, 0.29) is 0 Å². The average molecular weight is 603 g/mol. The summed E-state index contributed by atoms with van der Waals surface area (Å²) in [4.78, 5) is 0. The molecule has 2 aromatic heterocycles. The largest absolute Gasteiger partial charge is 0.497 e. The van der Waals surface area contributed by atoms with Crippen LogP contribution in [0.3, 0.4) is 0 Å². The summed E-state index contributed by atoms with van der Waals surface area (Å²) in [6.45, 7) is 0. The van der Waals surface area contributed by atoms with E-state index in [2.05, 4.69) is 38.6 Å². The third kappa shape index (κ3) is 8.35. The molecule has 43 heavy (non-hydrogen) atoms. The maximum absolute atomic E-state index is 6.12. The van der Waals surface area contributed by atoms with Gasteiger partial charge >= 0.3 is 0 Å². The molecule has 2 fully saturated rings. The Kier molecular flexibility index (Phi) is 10.3. The van der Waals surface area contributed by atoms with Gasteiger partial charge in [0.05, 0.1) is 46.0 Å². The number of hydrogen-bond acceptors (Lipinski definition) is 8. The molecule has 0 bridgehead atoms. The minimum Gasteiger partial charge on any atom is -0.497 e. The van der Waals surface area contributed by atoms with Crippen LogP contribution in [0.1, 0.15) is 71.2 Å². The molecular weight excluding hydrogens is 564 g/mol. The first-order valence-electron chi connectivity index (χ1n) is 14.8. The van der Waals surface area contributed by atoms with Crippen LogP contribution in [-0.2, 0) is 25.7 Å². The fourth-order valence-electron chi connectivity index (χ4n) is 5.07. The van der Waals surface area contributed by atoms with Gasteiger partial charge in [0.15, 0.2) is 5.15 Å². The van der Waals surface area contributed by atoms with Crippen molar-refractivity contribution in [2.24, 2.45) is 0 Å². The number of aryl methyl sites for hydroxylation is 4. The second-order valence-electron chi connectivity index (χ2n) is 11.0. The van der Waals surface area contributed by atoms with Crippen molar-refractivity contribution < 1.29 is 18.9 Å². The van der Waals surface area contributed by atoms with Crippen molar-refractivity contribution in [3.63, 3.8) is 0 Å². The number of rotatable bonds is 12. The summed E-state index contributed by atoms with van der Waals surface area (Å²) in [6.07, 6.45) is 10.3. The van der Waals surface area contributed by atoms with Crippen molar-refractivity contribution in [2.75, 3.05) is 28.4 Å². The number of ether oxygens (including phenoxy) is 4. The van der Waals surface area contributed by atoms with Crippen LogP contribution in [-0.4, -0.2) is 48.8 Å². The molecule has 2 heterocycles. The maximum atomic E-state index is 6.12. The van der Waals surface area contributed by atoms with Crippen molar-refractivity contribution in [3.8, 4) is 23.0 Å². The average Bonchev–Trinajstić information content (AvgIpc) is 3.98. The molecular formula is C34H39ClN4O4. The smallest absolute Gasteiger partial charge is 0.155 e. The van der Waals surface area contributed by atoms with Gasteiger partial charge in [-0.15, -0.1) is 5.10 Å². The zero-order valence-corrected chi connectivity index (χ0v) is 26.1. The molecule has 8 nitrogen and oxygen atoms in total. The molecule has 0 N–H and O–H groups in total. The van der Waals surface area contributed by atoms with Crippen LogP contribution < -0.4 is 18.9 Å². The molecule has 0 spiro atoms. The molecule has 9 heteroatoms. The summed E-state index contributed by atoms with van der Waals surface area (Å²) < 4.78 is 21.3. The molecule has 226 valence electrons. The molecule has 2 saturated carbocycles. The fourth-order valence-corrected chi connectivity index (χ4v) is 5.32. The monoisotopic (exact) mass is 602 g/mol. The van der Waals surface area contributed by atoms with E-state index in [4.69, 9.17) is 30.5 Å². The molecule has 0 radical (unpaired) electrons. The number of methoxy groups -OCH3 is 4. The number of halogens is 1. The predicted octanol–water partition coefficient (Wildman–Crippen LogP) is 6.97. The van der Waals surface area contributed by atoms with E-state index in [9.17, 15) is 0 Å². The third-order valence-electron chi connectivity index (χ3n) is 7.91. The molecule has 0 saturated heterocycles. The van der Waals surface area contributed by atoms with Crippen LogP contribution in [0, 0.1) is 0 Å². The highest BCUT2D eigenvalue weighted by atomic mass is 35.5. The van der Waals surface area contributed by atoms with Gasteiger partial charge in [-0.25, -0.2) is 0 Å². The predicted molar refractivity (Wildman–Crippen MR) is 167 cm³/mol. The van der Waals surface area contributed by atoms with Crippen molar-refractivity contribution >= 4 is 11.6 Å². The van der Waals surface area contributed by atoms with E-state index in [1.165, 1.54) is 31.2 Å². The van der Waals surface area contributed by atoms with Gasteiger partial charge in [0.2, 0.25) is 0 Å². The van der Waals surface area contributed by atoms with Crippen LogP contribution in [0.5, 0.6) is 23.0 Å². The van der Waals surface area contributed by atoms with Gasteiger partial charge in [-0.2, -0.15) is 15.3 Å².